The summed E-state index contributed by atoms with van der Waals surface area (Å²) in [5.41, 5.74) is 21.1. The van der Waals surface area contributed by atoms with Crippen LogP contribution < -0.4 is 0 Å². The maximum absolute atomic E-state index is 6.84. The van der Waals surface area contributed by atoms with E-state index in [1.54, 1.807) is 0 Å². The van der Waals surface area contributed by atoms with E-state index in [-0.39, 0.29) is 0 Å². The van der Waals surface area contributed by atoms with Gasteiger partial charge in [-0.15, -0.1) is 0 Å². The molecule has 12 aromatic rings. The van der Waals surface area contributed by atoms with Crippen LogP contribution in [0.3, 0.4) is 0 Å². The van der Waals surface area contributed by atoms with Crippen molar-refractivity contribution in [2.24, 2.45) is 0 Å². The van der Waals surface area contributed by atoms with Crippen LogP contribution in [0.25, 0.3) is 99.2 Å². The van der Waals surface area contributed by atoms with Gasteiger partial charge in [0.25, 0.3) is 0 Å². The summed E-state index contributed by atoms with van der Waals surface area (Å²) in [6, 6.07) is 72.7. The molecule has 66 heavy (non-hydrogen) atoms. The average Bonchev–Trinajstić information content (AvgIpc) is 3.93. The zero-order valence-corrected chi connectivity index (χ0v) is 38.4. The summed E-state index contributed by atoms with van der Waals surface area (Å²) in [6.07, 6.45) is 0. The number of hydrogen-bond donors (Lipinski definition) is 0. The summed E-state index contributed by atoms with van der Waals surface area (Å²) in [5, 5.41) is 6.95. The van der Waals surface area contributed by atoms with Crippen LogP contribution in [-0.2, 0) is 0 Å². The van der Waals surface area contributed by atoms with E-state index in [4.69, 9.17) is 8.83 Å². The lowest BCUT2D eigenvalue weighted by molar-refractivity contribution is 0.669. The predicted octanol–water partition coefficient (Wildman–Crippen LogP) is 18.5. The Labute approximate surface area is 387 Å². The highest BCUT2D eigenvalue weighted by Gasteiger charge is 2.24. The first-order valence-corrected chi connectivity index (χ1v) is 22.8. The van der Waals surface area contributed by atoms with Gasteiger partial charge < -0.3 is 8.83 Å². The molecule has 2 aromatic heterocycles. The number of aryl methyl sites for hydroxylation is 6. The molecule has 0 radical (unpaired) electrons. The van der Waals surface area contributed by atoms with Crippen LogP contribution in [0.2, 0.25) is 0 Å². The van der Waals surface area contributed by atoms with E-state index >= 15 is 0 Å². The van der Waals surface area contributed by atoms with Gasteiger partial charge in [0.15, 0.2) is 0 Å². The molecule has 0 amide bonds. The minimum atomic E-state index is 0.894. The number of furan rings is 2. The van der Waals surface area contributed by atoms with E-state index < -0.39 is 0 Å². The van der Waals surface area contributed by atoms with E-state index in [0.29, 0.717) is 0 Å². The zero-order valence-electron chi connectivity index (χ0n) is 38.4. The summed E-state index contributed by atoms with van der Waals surface area (Å²) in [7, 11) is 0. The molecule has 10 aromatic carbocycles. The molecule has 0 saturated carbocycles. The normalized spacial score (nSPS) is 11.2. The number of benzene rings is 10. The molecule has 0 fully saturated rings. The van der Waals surface area contributed by atoms with Crippen molar-refractivity contribution in [3.05, 3.63) is 240 Å². The molecule has 0 aliphatic rings. The highest BCUT2D eigenvalue weighted by atomic mass is 16.3. The Morgan fingerprint density at radius 1 is 0.288 bits per heavy atom. The molecule has 320 valence electrons. The molecule has 0 atom stereocenters. The number of para-hydroxylation sites is 2. The first-order valence-electron chi connectivity index (χ1n) is 22.8. The minimum Gasteiger partial charge on any atom is -0.456 e. The van der Waals surface area contributed by atoms with Crippen LogP contribution >= 0.6 is 0 Å². The van der Waals surface area contributed by atoms with Crippen molar-refractivity contribution < 1.29 is 8.83 Å². The second kappa shape index (κ2) is 17.9. The van der Waals surface area contributed by atoms with Crippen LogP contribution in [-0.4, -0.2) is 0 Å². The summed E-state index contributed by atoms with van der Waals surface area (Å²) in [5.74, 6) is 0. The highest BCUT2D eigenvalue weighted by Crippen LogP contribution is 2.48. The van der Waals surface area contributed by atoms with Gasteiger partial charge in [0.1, 0.15) is 22.3 Å². The van der Waals surface area contributed by atoms with E-state index in [1.807, 2.05) is 30.3 Å². The number of fused-ring (bicyclic) bond motifs is 9. The standard InChI is InChI=1S/C44H32O2.C13H12.C7H8/c1-25-11-5-6-12-31(25)35-23-29(19-17-26(35)2)30-20-18-27(3)36(24-30)40-28(4)32-21-22-39-41(33-13-7-9-15-37(33)45-39)42(32)43-34-14-8-10-16-38(34)46-44(40)43;1-11-6-5-9-13(10-11)12-7-3-2-4-8-12;1-7-5-3-2-4-6-7/h5-24H,1-4H3;2-10H,1H3;2-6H,1H3. The SMILES string of the molecule is Cc1cccc(-c2ccccc2)c1.Cc1ccccc1.Cc1ccccc1-c1cc(-c2ccc(C)c(-c3c(C)c4ccc5oc6ccccc6c5c4c4c3oc3ccccc34)c2)ccc1C. The van der Waals surface area contributed by atoms with Gasteiger partial charge in [-0.3, -0.25) is 0 Å². The summed E-state index contributed by atoms with van der Waals surface area (Å²) in [4.78, 5) is 0. The summed E-state index contributed by atoms with van der Waals surface area (Å²) in [6.45, 7) is 13.0. The van der Waals surface area contributed by atoms with Gasteiger partial charge in [-0.1, -0.05) is 187 Å². The fourth-order valence-corrected chi connectivity index (χ4v) is 9.52. The van der Waals surface area contributed by atoms with Crippen LogP contribution in [0.1, 0.15) is 33.4 Å². The van der Waals surface area contributed by atoms with Crippen molar-refractivity contribution in [2.75, 3.05) is 0 Å². The maximum Gasteiger partial charge on any atom is 0.144 e. The van der Waals surface area contributed by atoms with Crippen molar-refractivity contribution in [3.63, 3.8) is 0 Å². The zero-order chi connectivity index (χ0) is 45.3. The van der Waals surface area contributed by atoms with Crippen molar-refractivity contribution in [1.29, 1.82) is 0 Å². The molecule has 0 aliphatic heterocycles. The van der Waals surface area contributed by atoms with Gasteiger partial charge in [0.05, 0.1) is 0 Å². The second-order valence-electron chi connectivity index (χ2n) is 17.5. The molecular formula is C64H52O2. The van der Waals surface area contributed by atoms with Gasteiger partial charge >= 0.3 is 0 Å². The van der Waals surface area contributed by atoms with Crippen molar-refractivity contribution in [3.8, 4) is 44.5 Å². The summed E-state index contributed by atoms with van der Waals surface area (Å²) < 4.78 is 13.2. The Hall–Kier alpha value is -7.94. The lowest BCUT2D eigenvalue weighted by Gasteiger charge is -2.17. The fourth-order valence-electron chi connectivity index (χ4n) is 9.52. The van der Waals surface area contributed by atoms with Gasteiger partial charge in [0, 0.05) is 32.5 Å². The maximum atomic E-state index is 6.84. The first-order chi connectivity index (χ1) is 32.2. The monoisotopic (exact) mass is 852 g/mol. The van der Waals surface area contributed by atoms with E-state index in [2.05, 4.69) is 217 Å². The van der Waals surface area contributed by atoms with Crippen LogP contribution in [0.15, 0.2) is 215 Å². The van der Waals surface area contributed by atoms with E-state index in [0.717, 1.165) is 49.4 Å². The lowest BCUT2D eigenvalue weighted by atomic mass is 9.86. The quantitative estimate of drug-likeness (QED) is 0.176. The van der Waals surface area contributed by atoms with Crippen LogP contribution in [0.4, 0.5) is 0 Å². The Balaban J connectivity index is 0.000000210. The molecule has 2 nitrogen and oxygen atoms in total. The third kappa shape index (κ3) is 7.97. The van der Waals surface area contributed by atoms with Gasteiger partial charge in [-0.05, 0) is 138 Å². The Morgan fingerprint density at radius 3 is 1.48 bits per heavy atom. The molecule has 0 spiro atoms. The largest absolute Gasteiger partial charge is 0.456 e. The second-order valence-corrected chi connectivity index (χ2v) is 17.5. The Kier molecular flexibility index (Phi) is 11.4. The van der Waals surface area contributed by atoms with Gasteiger partial charge in [-0.25, -0.2) is 0 Å². The lowest BCUT2D eigenvalue weighted by Crippen LogP contribution is -1.93. The molecule has 12 rings (SSSR count). The molecule has 2 heterocycles. The van der Waals surface area contributed by atoms with Crippen molar-refractivity contribution in [2.45, 2.75) is 41.5 Å². The highest BCUT2D eigenvalue weighted by molar-refractivity contribution is 6.33. The smallest absolute Gasteiger partial charge is 0.144 e. The minimum absolute atomic E-state index is 0.894. The van der Waals surface area contributed by atoms with E-state index in [1.165, 1.54) is 83.1 Å². The third-order valence-electron chi connectivity index (χ3n) is 13.0. The molecule has 0 saturated heterocycles. The molecule has 0 N–H and O–H groups in total. The molecule has 0 bridgehead atoms. The average molecular weight is 853 g/mol. The van der Waals surface area contributed by atoms with Crippen LogP contribution in [0, 0.1) is 41.5 Å². The van der Waals surface area contributed by atoms with Gasteiger partial charge in [0.2, 0.25) is 0 Å². The number of hydrogen-bond acceptors (Lipinski definition) is 2. The van der Waals surface area contributed by atoms with Gasteiger partial charge in [-0.2, -0.15) is 0 Å². The Bertz CT molecular complexity index is 3700. The Morgan fingerprint density at radius 2 is 0.818 bits per heavy atom. The molecule has 2 heteroatoms. The predicted molar refractivity (Wildman–Crippen MR) is 282 cm³/mol. The number of rotatable bonds is 4. The topological polar surface area (TPSA) is 26.3 Å². The van der Waals surface area contributed by atoms with Crippen molar-refractivity contribution in [1.82, 2.24) is 0 Å². The molecule has 0 aliphatic carbocycles. The third-order valence-corrected chi connectivity index (χ3v) is 13.0. The molecule has 0 unspecified atom stereocenters. The van der Waals surface area contributed by atoms with Crippen LogP contribution in [0.5, 0.6) is 0 Å². The summed E-state index contributed by atoms with van der Waals surface area (Å²) >= 11 is 0. The van der Waals surface area contributed by atoms with Crippen molar-refractivity contribution >= 4 is 54.6 Å². The fraction of sp³-hybridized carbons (Fsp3) is 0.0938. The first kappa shape index (κ1) is 42.0. The van der Waals surface area contributed by atoms with E-state index in [9.17, 15) is 0 Å². The molecular weight excluding hydrogens is 801 g/mol.